The van der Waals surface area contributed by atoms with Gasteiger partial charge >= 0.3 is 0 Å². The Labute approximate surface area is 208 Å². The second kappa shape index (κ2) is 10.0. The molecule has 190 valence electrons. The minimum Gasteiger partial charge on any atom is -0.508 e. The Bertz CT molecular complexity index is 1270. The van der Waals surface area contributed by atoms with Crippen molar-refractivity contribution in [3.05, 3.63) is 41.7 Å². The predicted octanol–water partition coefficient (Wildman–Crippen LogP) is 2.26. The van der Waals surface area contributed by atoms with Crippen LogP contribution in [0.15, 0.2) is 30.3 Å². The Balaban J connectivity index is 1.52. The van der Waals surface area contributed by atoms with E-state index in [1.54, 1.807) is 28.8 Å². The molecule has 36 heavy (non-hydrogen) atoms. The van der Waals surface area contributed by atoms with Crippen LogP contribution in [-0.4, -0.2) is 82.0 Å². The van der Waals surface area contributed by atoms with E-state index in [1.165, 1.54) is 6.07 Å². The maximum atomic E-state index is 13.2. The van der Waals surface area contributed by atoms with Crippen molar-refractivity contribution in [2.75, 3.05) is 46.2 Å². The molecule has 11 heteroatoms. The molecular formula is C25H29N5O6. The molecule has 3 heterocycles. The SMILES string of the molecule is CC(C)c1cc(-c2nnc(C(=O)NCCN3CCOCC3)n2-c2ccc3c(c2)OCO3)c(O)cc1O. The number of phenolic OH excluding ortho intramolecular Hbond substituents is 2. The van der Waals surface area contributed by atoms with E-state index in [2.05, 4.69) is 20.4 Å². The van der Waals surface area contributed by atoms with Crippen molar-refractivity contribution in [3.63, 3.8) is 0 Å². The summed E-state index contributed by atoms with van der Waals surface area (Å²) in [4.78, 5) is 15.5. The summed E-state index contributed by atoms with van der Waals surface area (Å²) in [6, 6.07) is 8.21. The van der Waals surface area contributed by atoms with E-state index >= 15 is 0 Å². The van der Waals surface area contributed by atoms with Crippen LogP contribution in [0.4, 0.5) is 0 Å². The van der Waals surface area contributed by atoms with Gasteiger partial charge in [0, 0.05) is 38.3 Å². The first-order valence-electron chi connectivity index (χ1n) is 11.9. The highest BCUT2D eigenvalue weighted by molar-refractivity contribution is 5.92. The number of rotatable bonds is 7. The number of aromatic hydroxyl groups is 2. The summed E-state index contributed by atoms with van der Waals surface area (Å²) in [6.07, 6.45) is 0. The van der Waals surface area contributed by atoms with Gasteiger partial charge in [0.1, 0.15) is 11.5 Å². The summed E-state index contributed by atoms with van der Waals surface area (Å²) >= 11 is 0. The van der Waals surface area contributed by atoms with E-state index in [0.717, 1.165) is 13.1 Å². The van der Waals surface area contributed by atoms with E-state index in [1.807, 2.05) is 13.8 Å². The second-order valence-corrected chi connectivity index (χ2v) is 9.01. The average Bonchev–Trinajstić information content (AvgIpc) is 3.51. The van der Waals surface area contributed by atoms with Crippen molar-refractivity contribution in [2.45, 2.75) is 19.8 Å². The van der Waals surface area contributed by atoms with E-state index < -0.39 is 5.91 Å². The Morgan fingerprint density at radius 3 is 2.61 bits per heavy atom. The minimum absolute atomic E-state index is 0.00535. The Hall–Kier alpha value is -3.83. The van der Waals surface area contributed by atoms with Crippen LogP contribution in [0.5, 0.6) is 23.0 Å². The smallest absolute Gasteiger partial charge is 0.289 e. The molecule has 0 atom stereocenters. The quantitative estimate of drug-likeness (QED) is 0.452. The van der Waals surface area contributed by atoms with Gasteiger partial charge in [-0.15, -0.1) is 10.2 Å². The molecule has 0 saturated carbocycles. The highest BCUT2D eigenvalue weighted by atomic mass is 16.7. The van der Waals surface area contributed by atoms with Crippen molar-refractivity contribution in [3.8, 4) is 40.1 Å². The zero-order valence-corrected chi connectivity index (χ0v) is 20.2. The van der Waals surface area contributed by atoms with Crippen molar-refractivity contribution in [1.82, 2.24) is 25.0 Å². The summed E-state index contributed by atoms with van der Waals surface area (Å²) in [6.45, 7) is 8.13. The number of hydrogen-bond donors (Lipinski definition) is 3. The molecule has 3 N–H and O–H groups in total. The molecule has 2 aliphatic rings. The Morgan fingerprint density at radius 1 is 1.06 bits per heavy atom. The molecule has 1 fully saturated rings. The summed E-state index contributed by atoms with van der Waals surface area (Å²) in [5.74, 6) is 0.849. The monoisotopic (exact) mass is 495 g/mol. The largest absolute Gasteiger partial charge is 0.508 e. The van der Waals surface area contributed by atoms with Crippen molar-refractivity contribution < 1.29 is 29.2 Å². The molecule has 1 aromatic heterocycles. The highest BCUT2D eigenvalue weighted by Crippen LogP contribution is 2.39. The van der Waals surface area contributed by atoms with Gasteiger partial charge in [0.25, 0.3) is 5.91 Å². The number of amides is 1. The van der Waals surface area contributed by atoms with Gasteiger partial charge in [-0.05, 0) is 29.7 Å². The number of aromatic nitrogens is 3. The Morgan fingerprint density at radius 2 is 1.83 bits per heavy atom. The summed E-state index contributed by atoms with van der Waals surface area (Å²) < 4.78 is 17.9. The van der Waals surface area contributed by atoms with Gasteiger partial charge in [-0.25, -0.2) is 0 Å². The van der Waals surface area contributed by atoms with E-state index in [4.69, 9.17) is 14.2 Å². The highest BCUT2D eigenvalue weighted by Gasteiger charge is 2.26. The van der Waals surface area contributed by atoms with Gasteiger partial charge in [-0.3, -0.25) is 14.3 Å². The second-order valence-electron chi connectivity index (χ2n) is 9.01. The number of nitrogens with one attached hydrogen (secondary N) is 1. The Kier molecular flexibility index (Phi) is 6.66. The number of nitrogens with zero attached hydrogens (tertiary/aromatic N) is 4. The molecule has 11 nitrogen and oxygen atoms in total. The molecule has 5 rings (SSSR count). The maximum absolute atomic E-state index is 13.2. The molecule has 1 amide bonds. The van der Waals surface area contributed by atoms with Crippen LogP contribution in [-0.2, 0) is 4.74 Å². The lowest BCUT2D eigenvalue weighted by molar-refractivity contribution is 0.0383. The fraction of sp³-hybridized carbons (Fsp3) is 0.400. The van der Waals surface area contributed by atoms with Crippen LogP contribution in [0.1, 0.15) is 35.9 Å². The molecular weight excluding hydrogens is 466 g/mol. The first-order valence-corrected chi connectivity index (χ1v) is 11.9. The standard InChI is InChI=1S/C25H29N5O6/c1-15(2)17-12-18(20(32)13-19(17)31)23-27-28-24(25(33)26-5-6-29-7-9-34-10-8-29)30(23)16-3-4-21-22(11-16)36-14-35-21/h3-4,11-13,15,31-32H,5-10,14H2,1-2H3,(H,26,33). The van der Waals surface area contributed by atoms with Crippen LogP contribution in [0, 0.1) is 0 Å². The lowest BCUT2D eigenvalue weighted by atomic mass is 9.98. The number of ether oxygens (including phenoxy) is 3. The lowest BCUT2D eigenvalue weighted by Crippen LogP contribution is -2.41. The van der Waals surface area contributed by atoms with Crippen LogP contribution >= 0.6 is 0 Å². The van der Waals surface area contributed by atoms with E-state index in [-0.39, 0.29) is 35.9 Å². The van der Waals surface area contributed by atoms with E-state index in [0.29, 0.717) is 54.6 Å². The fourth-order valence-corrected chi connectivity index (χ4v) is 4.34. The van der Waals surface area contributed by atoms with Crippen molar-refractivity contribution in [2.24, 2.45) is 0 Å². The fourth-order valence-electron chi connectivity index (χ4n) is 4.34. The number of morpholine rings is 1. The van der Waals surface area contributed by atoms with Gasteiger partial charge in [0.05, 0.1) is 24.5 Å². The van der Waals surface area contributed by atoms with Gasteiger partial charge < -0.3 is 29.7 Å². The normalized spacial score (nSPS) is 15.4. The predicted molar refractivity (Wildman–Crippen MR) is 130 cm³/mol. The number of phenols is 2. The molecule has 0 spiro atoms. The molecule has 0 bridgehead atoms. The minimum atomic E-state index is -0.401. The third-order valence-electron chi connectivity index (χ3n) is 6.31. The lowest BCUT2D eigenvalue weighted by Gasteiger charge is -2.26. The number of fused-ring (bicyclic) bond motifs is 1. The van der Waals surface area contributed by atoms with Gasteiger partial charge in [-0.2, -0.15) is 0 Å². The average molecular weight is 496 g/mol. The van der Waals surface area contributed by atoms with Crippen LogP contribution in [0.3, 0.4) is 0 Å². The zero-order valence-electron chi connectivity index (χ0n) is 20.2. The van der Waals surface area contributed by atoms with Crippen LogP contribution < -0.4 is 14.8 Å². The van der Waals surface area contributed by atoms with Crippen molar-refractivity contribution in [1.29, 1.82) is 0 Å². The molecule has 0 aliphatic carbocycles. The molecule has 2 aromatic carbocycles. The van der Waals surface area contributed by atoms with Gasteiger partial charge in [0.15, 0.2) is 17.3 Å². The number of benzene rings is 2. The summed E-state index contributed by atoms with van der Waals surface area (Å²) in [7, 11) is 0. The number of hydrogen-bond acceptors (Lipinski definition) is 9. The van der Waals surface area contributed by atoms with Gasteiger partial charge in [-0.1, -0.05) is 13.8 Å². The molecule has 2 aliphatic heterocycles. The summed E-state index contributed by atoms with van der Waals surface area (Å²) in [5.41, 5.74) is 1.55. The van der Waals surface area contributed by atoms with E-state index in [9.17, 15) is 15.0 Å². The first kappa shape index (κ1) is 23.9. The van der Waals surface area contributed by atoms with Gasteiger partial charge in [0.2, 0.25) is 12.6 Å². The number of carbonyl (C=O) groups excluding carboxylic acids is 1. The zero-order chi connectivity index (χ0) is 25.2. The van der Waals surface area contributed by atoms with Crippen molar-refractivity contribution >= 4 is 5.91 Å². The maximum Gasteiger partial charge on any atom is 0.289 e. The molecule has 3 aromatic rings. The van der Waals surface area contributed by atoms with Crippen LogP contribution in [0.25, 0.3) is 17.1 Å². The third-order valence-corrected chi connectivity index (χ3v) is 6.31. The topological polar surface area (TPSA) is 131 Å². The third kappa shape index (κ3) is 4.67. The molecule has 1 saturated heterocycles. The number of carbonyl (C=O) groups is 1. The molecule has 0 radical (unpaired) electrons. The summed E-state index contributed by atoms with van der Waals surface area (Å²) in [5, 5.41) is 32.4. The van der Waals surface area contributed by atoms with Crippen LogP contribution in [0.2, 0.25) is 0 Å². The first-order chi connectivity index (χ1) is 17.4. The molecule has 0 unspecified atom stereocenters.